The molecule has 332 valence electrons. The number of carboxylic acid groups (broad SMARTS) is 1. The van der Waals surface area contributed by atoms with E-state index in [1.165, 1.54) is 32.0 Å². The number of aromatic carboxylic acids is 1. The van der Waals surface area contributed by atoms with Crippen LogP contribution in [0.4, 0.5) is 0 Å². The monoisotopic (exact) mass is 848 g/mol. The van der Waals surface area contributed by atoms with Gasteiger partial charge in [0.05, 0.1) is 46.2 Å². The summed E-state index contributed by atoms with van der Waals surface area (Å²) < 4.78 is 45.7. The lowest BCUT2D eigenvalue weighted by atomic mass is 9.77. The van der Waals surface area contributed by atoms with E-state index in [-0.39, 0.29) is 35.3 Å². The Hall–Kier alpha value is -2.99. The highest BCUT2D eigenvalue weighted by Crippen LogP contribution is 2.45. The average Bonchev–Trinajstić information content (AvgIpc) is 3.15. The predicted octanol–water partition coefficient (Wildman–Crippen LogP) is 4.17. The van der Waals surface area contributed by atoms with Crippen LogP contribution in [0.1, 0.15) is 96.5 Å². The number of hydrogen-bond acceptors (Lipinski definition) is 13. The van der Waals surface area contributed by atoms with Crippen molar-refractivity contribution in [2.24, 2.45) is 17.8 Å². The number of cyclic esters (lactones) is 1. The van der Waals surface area contributed by atoms with Crippen molar-refractivity contribution in [3.63, 3.8) is 0 Å². The third-order valence-electron chi connectivity index (χ3n) is 12.8. The average molecular weight is 849 g/mol. The number of hydrogen-bond donors (Lipinski definition) is 5. The summed E-state index contributed by atoms with van der Waals surface area (Å²) in [7, 11) is 1.82. The first-order valence-corrected chi connectivity index (χ1v) is 22.5. The number of carbonyl (C=O) groups is 2. The quantitative estimate of drug-likeness (QED) is 0.237. The van der Waals surface area contributed by atoms with Gasteiger partial charge in [-0.15, -0.1) is 0 Å². The number of aliphatic hydroxyl groups is 4. The van der Waals surface area contributed by atoms with Gasteiger partial charge in [0.25, 0.3) is 0 Å². The molecule has 2 aromatic rings. The number of nitrogens with zero attached hydrogens (tertiary/aromatic N) is 2. The van der Waals surface area contributed by atoms with Gasteiger partial charge in [0.15, 0.2) is 16.1 Å². The van der Waals surface area contributed by atoms with Gasteiger partial charge in [0.2, 0.25) is 0 Å². The summed E-state index contributed by atoms with van der Waals surface area (Å²) in [5, 5.41) is 57.9. The molecule has 2 aliphatic rings. The van der Waals surface area contributed by atoms with Gasteiger partial charge < -0.3 is 49.5 Å². The number of ether oxygens (including phenoxy) is 3. The van der Waals surface area contributed by atoms with Crippen LogP contribution >= 0.6 is 0 Å². The molecule has 2 aliphatic heterocycles. The summed E-state index contributed by atoms with van der Waals surface area (Å²) in [6.45, 7) is 13.9. The highest BCUT2D eigenvalue weighted by Gasteiger charge is 2.50. The zero-order valence-electron chi connectivity index (χ0n) is 36.7. The molecule has 0 saturated carbocycles. The van der Waals surface area contributed by atoms with Gasteiger partial charge in [-0.2, -0.15) is 0 Å². The first-order chi connectivity index (χ1) is 27.2. The maximum Gasteiger partial charge on any atom is 0.336 e. The Bertz CT molecular complexity index is 1890. The summed E-state index contributed by atoms with van der Waals surface area (Å²) >= 11 is 0. The van der Waals surface area contributed by atoms with E-state index >= 15 is 0 Å². The summed E-state index contributed by atoms with van der Waals surface area (Å²) in [4.78, 5) is 30.2. The fraction of sp³-hybridized carbons (Fsp3) is 0.682. The Morgan fingerprint density at radius 1 is 1.02 bits per heavy atom. The highest BCUT2D eigenvalue weighted by atomic mass is 32.2. The van der Waals surface area contributed by atoms with Crippen LogP contribution in [0.25, 0.3) is 11.1 Å². The lowest BCUT2D eigenvalue weighted by Gasteiger charge is -2.48. The first kappa shape index (κ1) is 48.7. The van der Waals surface area contributed by atoms with Crippen LogP contribution in [0.3, 0.4) is 0 Å². The fourth-order valence-electron chi connectivity index (χ4n) is 9.32. The predicted molar refractivity (Wildman–Crippen MR) is 224 cm³/mol. The number of esters is 1. The van der Waals surface area contributed by atoms with Gasteiger partial charge in [-0.05, 0) is 116 Å². The highest BCUT2D eigenvalue weighted by molar-refractivity contribution is 7.90. The first-order valence-electron chi connectivity index (χ1n) is 20.6. The molecule has 2 heterocycles. The van der Waals surface area contributed by atoms with Crippen LogP contribution in [0.5, 0.6) is 0 Å². The Balaban J connectivity index is 1.94. The largest absolute Gasteiger partial charge is 0.478 e. The molecule has 59 heavy (non-hydrogen) atoms. The smallest absolute Gasteiger partial charge is 0.336 e. The van der Waals surface area contributed by atoms with Crippen molar-refractivity contribution < 1.29 is 57.8 Å². The van der Waals surface area contributed by atoms with Crippen molar-refractivity contribution >= 4 is 21.8 Å². The van der Waals surface area contributed by atoms with Gasteiger partial charge >= 0.3 is 11.9 Å². The Morgan fingerprint density at radius 2 is 1.64 bits per heavy atom. The van der Waals surface area contributed by atoms with Crippen molar-refractivity contribution in [2.75, 3.05) is 33.9 Å². The molecule has 0 unspecified atom stereocenters. The minimum Gasteiger partial charge on any atom is -0.478 e. The number of benzene rings is 2. The Kier molecular flexibility index (Phi) is 15.6. The van der Waals surface area contributed by atoms with Crippen molar-refractivity contribution in [3.8, 4) is 11.1 Å². The lowest BCUT2D eigenvalue weighted by Crippen LogP contribution is -2.59. The molecule has 4 rings (SSSR count). The second kappa shape index (κ2) is 19.0. The summed E-state index contributed by atoms with van der Waals surface area (Å²) in [6.07, 6.45) is -4.73. The van der Waals surface area contributed by atoms with Crippen LogP contribution in [0, 0.1) is 17.8 Å². The molecule has 2 fully saturated rings. The molecule has 0 aromatic heterocycles. The van der Waals surface area contributed by atoms with Gasteiger partial charge in [0, 0.05) is 30.8 Å². The summed E-state index contributed by atoms with van der Waals surface area (Å²) in [5.74, 6) is -5.07. The SMILES string of the molecule is CC[C@H]1OC(=O)[C@H](C)[C@@H](O)[C@H](C)[C@@H](O[C@@H]2O[C@H](C)C[C@H](N(C)C)[C@H]2c2cc(S(C)(=O)=O)ccc2-c2ccccc2C(=O)O)[C@](C)(O)C[C@@H](C)CN(C)[C@H](C)[C@@H](O)[C@]1(C)O. The standard InChI is InChI=1S/C44H68N2O12S/c1-13-35-44(8,53)38(48)28(6)46(11)23-24(2)22-43(7,52)39(26(4)37(47)27(5)41(51)57-35)58-42-36(34(45(9)10)20-25(3)56-42)33-21-29(59(12,54)55)18-19-31(33)30-16-14-15-17-32(30)40(49)50/h14-19,21,24-28,34-39,42,47-48,52-53H,13,20,22-23H2,1-12H3,(H,49,50)/t24-,25-,26+,27-,28-,34+,35-,36-,37+,38-,39-,42+,43-,44-/m1/s1. The van der Waals surface area contributed by atoms with Gasteiger partial charge in [-0.1, -0.05) is 45.0 Å². The topological polar surface area (TPSA) is 204 Å². The summed E-state index contributed by atoms with van der Waals surface area (Å²) in [6, 6.07) is 10.1. The van der Waals surface area contributed by atoms with E-state index in [9.17, 15) is 43.5 Å². The molecule has 0 bridgehead atoms. The molecule has 2 aromatic carbocycles. The maximum atomic E-state index is 13.8. The zero-order chi connectivity index (χ0) is 44.5. The van der Waals surface area contributed by atoms with Crippen LogP contribution in [0.2, 0.25) is 0 Å². The number of rotatable bonds is 8. The second-order valence-electron chi connectivity index (χ2n) is 18.0. The van der Waals surface area contributed by atoms with E-state index in [1.54, 1.807) is 59.0 Å². The van der Waals surface area contributed by atoms with Gasteiger partial charge in [0.1, 0.15) is 17.8 Å². The number of likely N-dealkylation sites (N-methyl/N-ethyl adjacent to an activating group) is 2. The minimum absolute atomic E-state index is 0.0117. The lowest BCUT2D eigenvalue weighted by molar-refractivity contribution is -0.275. The normalized spacial score (nSPS) is 37.3. The van der Waals surface area contributed by atoms with E-state index in [0.717, 1.165) is 6.26 Å². The van der Waals surface area contributed by atoms with E-state index < -0.39 is 93.6 Å². The second-order valence-corrected chi connectivity index (χ2v) is 20.0. The molecule has 0 spiro atoms. The third kappa shape index (κ3) is 10.7. The Labute approximate surface area is 350 Å². The maximum absolute atomic E-state index is 13.8. The van der Waals surface area contributed by atoms with Crippen LogP contribution in [-0.2, 0) is 28.8 Å². The van der Waals surface area contributed by atoms with Crippen molar-refractivity contribution in [3.05, 3.63) is 53.6 Å². The van der Waals surface area contributed by atoms with Gasteiger partial charge in [-0.3, -0.25) is 4.79 Å². The van der Waals surface area contributed by atoms with E-state index in [0.29, 0.717) is 29.7 Å². The van der Waals surface area contributed by atoms with Gasteiger partial charge in [-0.25, -0.2) is 13.2 Å². The molecule has 14 nitrogen and oxygen atoms in total. The van der Waals surface area contributed by atoms with E-state index in [4.69, 9.17) is 14.2 Å². The zero-order valence-corrected chi connectivity index (χ0v) is 37.5. The van der Waals surface area contributed by atoms with Crippen molar-refractivity contribution in [1.82, 2.24) is 9.80 Å². The van der Waals surface area contributed by atoms with E-state index in [1.807, 2.05) is 37.7 Å². The number of carbonyl (C=O) groups excluding carboxylic acids is 1. The molecule has 15 heteroatoms. The molecule has 0 radical (unpaired) electrons. The van der Waals surface area contributed by atoms with E-state index in [2.05, 4.69) is 0 Å². The molecule has 0 aliphatic carbocycles. The third-order valence-corrected chi connectivity index (χ3v) is 13.9. The van der Waals surface area contributed by atoms with Crippen LogP contribution in [0.15, 0.2) is 47.4 Å². The molecular formula is C44H68N2O12S. The number of aliphatic hydroxyl groups excluding tert-OH is 2. The number of sulfone groups is 1. The molecule has 0 amide bonds. The van der Waals surface area contributed by atoms with Crippen LogP contribution in [-0.4, -0.2) is 150 Å². The van der Waals surface area contributed by atoms with Crippen LogP contribution < -0.4 is 0 Å². The molecule has 14 atom stereocenters. The summed E-state index contributed by atoms with van der Waals surface area (Å²) in [5.41, 5.74) is -2.21. The molecular weight excluding hydrogens is 781 g/mol. The molecule has 5 N–H and O–H groups in total. The minimum atomic E-state index is -3.75. The van der Waals surface area contributed by atoms with Crippen molar-refractivity contribution in [1.29, 1.82) is 0 Å². The Morgan fingerprint density at radius 3 is 2.22 bits per heavy atom. The van der Waals surface area contributed by atoms with Crippen molar-refractivity contribution in [2.45, 2.75) is 146 Å². The number of carboxylic acids is 1. The fourth-order valence-corrected chi connectivity index (χ4v) is 9.98. The molecule has 2 saturated heterocycles.